The van der Waals surface area contributed by atoms with Gasteiger partial charge in [-0.15, -0.1) is 0 Å². The molecule has 1 aliphatic carbocycles. The Hall–Kier alpha value is -1.84. The molecule has 2 N–H and O–H groups in total. The Morgan fingerprint density at radius 2 is 2.05 bits per heavy atom. The van der Waals surface area contributed by atoms with Crippen LogP contribution in [0.25, 0.3) is 0 Å². The Bertz CT molecular complexity index is 525. The highest BCUT2D eigenvalue weighted by Crippen LogP contribution is 2.33. The number of carbonyl (C=O) groups is 2. The van der Waals surface area contributed by atoms with Crippen molar-refractivity contribution >= 4 is 11.9 Å². The van der Waals surface area contributed by atoms with Crippen molar-refractivity contribution in [3.63, 3.8) is 0 Å². The summed E-state index contributed by atoms with van der Waals surface area (Å²) >= 11 is 0. The van der Waals surface area contributed by atoms with E-state index in [9.17, 15) is 9.59 Å². The van der Waals surface area contributed by atoms with Crippen LogP contribution in [0, 0.1) is 5.92 Å². The van der Waals surface area contributed by atoms with Crippen LogP contribution in [0.15, 0.2) is 24.3 Å². The Balaban J connectivity index is 2.02. The SMILES string of the molecule is CC(C)[C@H](NC(=O)CC1CCCc2ccccc21)C(=O)O. The molecule has 0 saturated heterocycles. The lowest BCUT2D eigenvalue weighted by Gasteiger charge is -2.26. The third kappa shape index (κ3) is 3.84. The fraction of sp³-hybridized carbons (Fsp3) is 0.529. The minimum absolute atomic E-state index is 0.120. The number of aryl methyl sites for hydroxylation is 1. The van der Waals surface area contributed by atoms with E-state index in [1.54, 1.807) is 13.8 Å². The van der Waals surface area contributed by atoms with Crippen molar-refractivity contribution in [2.75, 3.05) is 0 Å². The first-order valence-electron chi connectivity index (χ1n) is 7.59. The average Bonchev–Trinajstić information content (AvgIpc) is 2.44. The van der Waals surface area contributed by atoms with Gasteiger partial charge in [-0.2, -0.15) is 0 Å². The quantitative estimate of drug-likeness (QED) is 0.876. The predicted octanol–water partition coefficient (Wildman–Crippen LogP) is 2.72. The summed E-state index contributed by atoms with van der Waals surface area (Å²) in [6.07, 6.45) is 3.51. The minimum atomic E-state index is -0.970. The summed E-state index contributed by atoms with van der Waals surface area (Å²) in [7, 11) is 0. The molecule has 1 aliphatic rings. The number of nitrogens with one attached hydrogen (secondary N) is 1. The second-order valence-corrected chi connectivity index (χ2v) is 6.12. The number of aliphatic carboxylic acids is 1. The zero-order valence-corrected chi connectivity index (χ0v) is 12.6. The molecular formula is C17H23NO3. The fourth-order valence-corrected chi connectivity index (χ4v) is 3.04. The highest BCUT2D eigenvalue weighted by atomic mass is 16.4. The second kappa shape index (κ2) is 6.74. The summed E-state index contributed by atoms with van der Waals surface area (Å²) < 4.78 is 0. The van der Waals surface area contributed by atoms with Crippen molar-refractivity contribution in [1.82, 2.24) is 5.32 Å². The van der Waals surface area contributed by atoms with Gasteiger partial charge in [0, 0.05) is 6.42 Å². The van der Waals surface area contributed by atoms with Crippen LogP contribution in [0.3, 0.4) is 0 Å². The molecular weight excluding hydrogens is 266 g/mol. The molecule has 21 heavy (non-hydrogen) atoms. The smallest absolute Gasteiger partial charge is 0.326 e. The number of fused-ring (bicyclic) bond motifs is 1. The number of carbonyl (C=O) groups excluding carboxylic acids is 1. The highest BCUT2D eigenvalue weighted by molar-refractivity contribution is 5.84. The third-order valence-electron chi connectivity index (χ3n) is 4.17. The van der Waals surface area contributed by atoms with E-state index in [4.69, 9.17) is 5.11 Å². The molecule has 0 radical (unpaired) electrons. The van der Waals surface area contributed by atoms with Gasteiger partial charge < -0.3 is 10.4 Å². The number of hydrogen-bond donors (Lipinski definition) is 2. The average molecular weight is 289 g/mol. The van der Waals surface area contributed by atoms with Gasteiger partial charge in [-0.25, -0.2) is 4.79 Å². The lowest BCUT2D eigenvalue weighted by Crippen LogP contribution is -2.44. The van der Waals surface area contributed by atoms with Crippen LogP contribution < -0.4 is 5.32 Å². The molecule has 4 heteroatoms. The van der Waals surface area contributed by atoms with Crippen LogP contribution >= 0.6 is 0 Å². The molecule has 1 aromatic rings. The summed E-state index contributed by atoms with van der Waals surface area (Å²) in [6, 6.07) is 7.43. The normalized spacial score (nSPS) is 18.9. The molecule has 0 aliphatic heterocycles. The minimum Gasteiger partial charge on any atom is -0.480 e. The molecule has 1 aromatic carbocycles. The zero-order chi connectivity index (χ0) is 15.4. The standard InChI is InChI=1S/C17H23NO3/c1-11(2)16(17(20)21)18-15(19)10-13-8-5-7-12-6-3-4-9-14(12)13/h3-4,6,9,11,13,16H,5,7-8,10H2,1-2H3,(H,18,19)(H,20,21)/t13?,16-/m0/s1. The molecule has 0 spiro atoms. The van der Waals surface area contributed by atoms with E-state index in [0.29, 0.717) is 6.42 Å². The van der Waals surface area contributed by atoms with Crippen molar-refractivity contribution in [3.05, 3.63) is 35.4 Å². The molecule has 0 bridgehead atoms. The lowest BCUT2D eigenvalue weighted by atomic mass is 9.81. The van der Waals surface area contributed by atoms with Crippen LogP contribution in [0.2, 0.25) is 0 Å². The van der Waals surface area contributed by atoms with Crippen molar-refractivity contribution in [2.24, 2.45) is 5.92 Å². The van der Waals surface area contributed by atoms with Crippen molar-refractivity contribution in [1.29, 1.82) is 0 Å². The van der Waals surface area contributed by atoms with Crippen LogP contribution in [0.5, 0.6) is 0 Å². The highest BCUT2D eigenvalue weighted by Gasteiger charge is 2.26. The molecule has 1 unspecified atom stereocenters. The van der Waals surface area contributed by atoms with Gasteiger partial charge in [-0.05, 0) is 42.2 Å². The Morgan fingerprint density at radius 1 is 1.33 bits per heavy atom. The van der Waals surface area contributed by atoms with E-state index in [2.05, 4.69) is 17.4 Å². The Morgan fingerprint density at radius 3 is 2.71 bits per heavy atom. The predicted molar refractivity (Wildman–Crippen MR) is 81.1 cm³/mol. The van der Waals surface area contributed by atoms with Crippen LogP contribution in [-0.4, -0.2) is 23.0 Å². The van der Waals surface area contributed by atoms with Gasteiger partial charge in [-0.3, -0.25) is 4.79 Å². The van der Waals surface area contributed by atoms with Gasteiger partial charge in [-0.1, -0.05) is 38.1 Å². The number of amides is 1. The number of benzene rings is 1. The van der Waals surface area contributed by atoms with E-state index in [1.807, 2.05) is 12.1 Å². The Kier molecular flexibility index (Phi) is 4.99. The largest absolute Gasteiger partial charge is 0.480 e. The van der Waals surface area contributed by atoms with Crippen molar-refractivity contribution in [3.8, 4) is 0 Å². The monoisotopic (exact) mass is 289 g/mol. The van der Waals surface area contributed by atoms with E-state index < -0.39 is 12.0 Å². The maximum atomic E-state index is 12.2. The maximum Gasteiger partial charge on any atom is 0.326 e. The van der Waals surface area contributed by atoms with E-state index >= 15 is 0 Å². The zero-order valence-electron chi connectivity index (χ0n) is 12.6. The van der Waals surface area contributed by atoms with Gasteiger partial charge in [0.2, 0.25) is 5.91 Å². The van der Waals surface area contributed by atoms with Gasteiger partial charge in [0.05, 0.1) is 0 Å². The van der Waals surface area contributed by atoms with Crippen LogP contribution in [0.4, 0.5) is 0 Å². The van der Waals surface area contributed by atoms with Crippen LogP contribution in [-0.2, 0) is 16.0 Å². The maximum absolute atomic E-state index is 12.2. The first-order valence-corrected chi connectivity index (χ1v) is 7.59. The topological polar surface area (TPSA) is 66.4 Å². The Labute approximate surface area is 125 Å². The van der Waals surface area contributed by atoms with Gasteiger partial charge in [0.25, 0.3) is 0 Å². The first kappa shape index (κ1) is 15.5. The summed E-state index contributed by atoms with van der Waals surface area (Å²) in [5, 5.41) is 11.8. The molecule has 0 saturated carbocycles. The van der Waals surface area contributed by atoms with Gasteiger partial charge in [0.15, 0.2) is 0 Å². The molecule has 2 atom stereocenters. The molecule has 4 nitrogen and oxygen atoms in total. The first-order chi connectivity index (χ1) is 9.99. The second-order valence-electron chi connectivity index (χ2n) is 6.12. The van der Waals surface area contributed by atoms with Gasteiger partial charge >= 0.3 is 5.97 Å². The molecule has 2 rings (SSSR count). The summed E-state index contributed by atoms with van der Waals surface area (Å²) in [4.78, 5) is 23.3. The summed E-state index contributed by atoms with van der Waals surface area (Å²) in [5.41, 5.74) is 2.57. The van der Waals surface area contributed by atoms with Crippen molar-refractivity contribution in [2.45, 2.75) is 51.5 Å². The van der Waals surface area contributed by atoms with Gasteiger partial charge in [0.1, 0.15) is 6.04 Å². The molecule has 0 heterocycles. The fourth-order valence-electron chi connectivity index (χ4n) is 3.04. The van der Waals surface area contributed by atoms with Crippen LogP contribution in [0.1, 0.15) is 50.2 Å². The van der Waals surface area contributed by atoms with Crippen molar-refractivity contribution < 1.29 is 14.7 Å². The number of hydrogen-bond acceptors (Lipinski definition) is 2. The molecule has 114 valence electrons. The summed E-state index contributed by atoms with van der Waals surface area (Å²) in [6.45, 7) is 3.60. The summed E-state index contributed by atoms with van der Waals surface area (Å²) in [5.74, 6) is -1.05. The van der Waals surface area contributed by atoms with E-state index in [0.717, 1.165) is 19.3 Å². The molecule has 0 fully saturated rings. The lowest BCUT2D eigenvalue weighted by molar-refractivity contribution is -0.143. The number of carboxylic acids is 1. The number of rotatable bonds is 5. The van der Waals surface area contributed by atoms with E-state index in [-0.39, 0.29) is 17.7 Å². The molecule has 1 amide bonds. The van der Waals surface area contributed by atoms with E-state index in [1.165, 1.54) is 11.1 Å². The third-order valence-corrected chi connectivity index (χ3v) is 4.17. The number of carboxylic acid groups (broad SMARTS) is 1. The molecule has 0 aromatic heterocycles.